The van der Waals surface area contributed by atoms with Gasteiger partial charge in [0.1, 0.15) is 0 Å². The van der Waals surface area contributed by atoms with Gasteiger partial charge in [-0.1, -0.05) is 178 Å². The number of anilines is 3. The standard InChI is InChI=1S/C55H41N/c1-55(2)52-21-10-8-20-50(52)51-34-29-46(37-53(51)55)40-27-32-48(33-28-40)56(54-22-11-9-19-49(54)41-14-4-3-5-15-41)47-30-25-39(26-31-47)43-17-12-18-44(35-43)45-24-23-38-13-6-7-16-42(38)36-45/h3-37H,1-2H3. The molecule has 9 aromatic carbocycles. The highest BCUT2D eigenvalue weighted by Gasteiger charge is 2.35. The fourth-order valence-corrected chi connectivity index (χ4v) is 8.69. The summed E-state index contributed by atoms with van der Waals surface area (Å²) in [7, 11) is 0. The third-order valence-electron chi connectivity index (χ3n) is 11.7. The molecule has 0 saturated heterocycles. The van der Waals surface area contributed by atoms with Crippen LogP contribution >= 0.6 is 0 Å². The molecule has 0 aliphatic heterocycles. The molecule has 0 unspecified atom stereocenters. The third-order valence-corrected chi connectivity index (χ3v) is 11.7. The Morgan fingerprint density at radius 3 is 1.54 bits per heavy atom. The molecule has 0 fully saturated rings. The molecule has 0 amide bonds. The molecule has 0 spiro atoms. The molecule has 0 atom stereocenters. The molecule has 0 heterocycles. The fraction of sp³-hybridized carbons (Fsp3) is 0.0545. The monoisotopic (exact) mass is 715 g/mol. The molecule has 1 aliphatic carbocycles. The highest BCUT2D eigenvalue weighted by molar-refractivity contribution is 5.91. The number of nitrogens with zero attached hydrogens (tertiary/aromatic N) is 1. The van der Waals surface area contributed by atoms with Gasteiger partial charge in [0.25, 0.3) is 0 Å². The van der Waals surface area contributed by atoms with E-state index >= 15 is 0 Å². The van der Waals surface area contributed by atoms with Crippen molar-refractivity contribution in [2.75, 3.05) is 4.90 Å². The average Bonchev–Trinajstić information content (AvgIpc) is 3.50. The van der Waals surface area contributed by atoms with Gasteiger partial charge < -0.3 is 4.90 Å². The van der Waals surface area contributed by atoms with Crippen LogP contribution in [0.15, 0.2) is 212 Å². The molecule has 0 aromatic heterocycles. The molecule has 1 aliphatic rings. The lowest BCUT2D eigenvalue weighted by molar-refractivity contribution is 0.660. The predicted molar refractivity (Wildman–Crippen MR) is 238 cm³/mol. The van der Waals surface area contributed by atoms with Crippen LogP contribution in [-0.4, -0.2) is 0 Å². The van der Waals surface area contributed by atoms with Crippen molar-refractivity contribution in [2.45, 2.75) is 19.3 Å². The minimum absolute atomic E-state index is 0.0380. The van der Waals surface area contributed by atoms with Crippen LogP contribution in [0.25, 0.3) is 66.4 Å². The maximum absolute atomic E-state index is 2.40. The summed E-state index contributed by atoms with van der Waals surface area (Å²) >= 11 is 0. The Labute approximate surface area is 329 Å². The normalized spacial score (nSPS) is 12.6. The van der Waals surface area contributed by atoms with Crippen molar-refractivity contribution in [1.82, 2.24) is 0 Å². The van der Waals surface area contributed by atoms with Gasteiger partial charge in [0.2, 0.25) is 0 Å². The molecule has 10 rings (SSSR count). The van der Waals surface area contributed by atoms with Crippen molar-refractivity contribution >= 4 is 27.8 Å². The first-order chi connectivity index (χ1) is 27.5. The Balaban J connectivity index is 1.02. The van der Waals surface area contributed by atoms with E-state index < -0.39 is 0 Å². The molecule has 266 valence electrons. The number of benzene rings is 9. The lowest BCUT2D eigenvalue weighted by Gasteiger charge is -2.28. The number of hydrogen-bond donors (Lipinski definition) is 0. The Bertz CT molecular complexity index is 2860. The maximum Gasteiger partial charge on any atom is 0.0540 e. The Morgan fingerprint density at radius 1 is 0.304 bits per heavy atom. The summed E-state index contributed by atoms with van der Waals surface area (Å²) in [5.41, 5.74) is 18.4. The van der Waals surface area contributed by atoms with E-state index in [9.17, 15) is 0 Å². The summed E-state index contributed by atoms with van der Waals surface area (Å²) in [6.07, 6.45) is 0. The summed E-state index contributed by atoms with van der Waals surface area (Å²) in [5.74, 6) is 0. The topological polar surface area (TPSA) is 3.24 Å². The van der Waals surface area contributed by atoms with Crippen LogP contribution in [0.4, 0.5) is 17.1 Å². The molecule has 1 heteroatoms. The second-order valence-corrected chi connectivity index (χ2v) is 15.4. The van der Waals surface area contributed by atoms with E-state index in [0.29, 0.717) is 0 Å². The number of hydrogen-bond acceptors (Lipinski definition) is 1. The second-order valence-electron chi connectivity index (χ2n) is 15.4. The molecule has 0 N–H and O–H groups in total. The zero-order valence-electron chi connectivity index (χ0n) is 31.7. The first-order valence-corrected chi connectivity index (χ1v) is 19.5. The molecule has 0 radical (unpaired) electrons. The molecular weight excluding hydrogens is 675 g/mol. The minimum atomic E-state index is -0.0380. The smallest absolute Gasteiger partial charge is 0.0540 e. The molecule has 1 nitrogen and oxygen atoms in total. The van der Waals surface area contributed by atoms with Crippen molar-refractivity contribution < 1.29 is 0 Å². The minimum Gasteiger partial charge on any atom is -0.310 e. The predicted octanol–water partition coefficient (Wildman–Crippen LogP) is 15.3. The number of fused-ring (bicyclic) bond motifs is 4. The highest BCUT2D eigenvalue weighted by Crippen LogP contribution is 2.50. The quantitative estimate of drug-likeness (QED) is 0.159. The van der Waals surface area contributed by atoms with Crippen LogP contribution in [0.1, 0.15) is 25.0 Å². The zero-order chi connectivity index (χ0) is 37.6. The Kier molecular flexibility index (Phi) is 8.23. The van der Waals surface area contributed by atoms with Crippen LogP contribution in [0.2, 0.25) is 0 Å². The lowest BCUT2D eigenvalue weighted by atomic mass is 9.81. The second kappa shape index (κ2) is 13.7. The van der Waals surface area contributed by atoms with Gasteiger partial charge in [0.15, 0.2) is 0 Å². The maximum atomic E-state index is 2.40. The zero-order valence-corrected chi connectivity index (χ0v) is 31.7. The van der Waals surface area contributed by atoms with Crippen LogP contribution in [0.5, 0.6) is 0 Å². The van der Waals surface area contributed by atoms with Crippen molar-refractivity contribution in [3.8, 4) is 55.6 Å². The SMILES string of the molecule is CC1(C)c2ccccc2-c2ccc(-c3ccc(N(c4ccc(-c5cccc(-c6ccc7ccccc7c6)c5)cc4)c4ccccc4-c4ccccc4)cc3)cc21. The average molecular weight is 716 g/mol. The van der Waals surface area contributed by atoms with Crippen molar-refractivity contribution in [2.24, 2.45) is 0 Å². The van der Waals surface area contributed by atoms with E-state index in [1.54, 1.807) is 0 Å². The lowest BCUT2D eigenvalue weighted by Crippen LogP contribution is -2.14. The Hall–Kier alpha value is -6.96. The van der Waals surface area contributed by atoms with E-state index in [1.807, 2.05) is 0 Å². The van der Waals surface area contributed by atoms with Gasteiger partial charge in [-0.05, 0) is 121 Å². The summed E-state index contributed by atoms with van der Waals surface area (Å²) in [6, 6.07) is 77.5. The van der Waals surface area contributed by atoms with Crippen molar-refractivity contribution in [3.63, 3.8) is 0 Å². The molecule has 56 heavy (non-hydrogen) atoms. The van der Waals surface area contributed by atoms with Crippen LogP contribution in [0, 0.1) is 0 Å². The van der Waals surface area contributed by atoms with Crippen LogP contribution in [-0.2, 0) is 5.41 Å². The van der Waals surface area contributed by atoms with E-state index in [1.165, 1.54) is 77.5 Å². The number of para-hydroxylation sites is 1. The van der Waals surface area contributed by atoms with Gasteiger partial charge >= 0.3 is 0 Å². The van der Waals surface area contributed by atoms with Crippen molar-refractivity contribution in [3.05, 3.63) is 223 Å². The van der Waals surface area contributed by atoms with Gasteiger partial charge in [-0.15, -0.1) is 0 Å². The molecule has 0 saturated carbocycles. The van der Waals surface area contributed by atoms with Gasteiger partial charge in [-0.2, -0.15) is 0 Å². The summed E-state index contributed by atoms with van der Waals surface area (Å²) < 4.78 is 0. The third kappa shape index (κ3) is 5.90. The molecule has 9 aromatic rings. The summed E-state index contributed by atoms with van der Waals surface area (Å²) in [5, 5.41) is 2.51. The van der Waals surface area contributed by atoms with Gasteiger partial charge in [-0.25, -0.2) is 0 Å². The van der Waals surface area contributed by atoms with E-state index in [-0.39, 0.29) is 5.41 Å². The van der Waals surface area contributed by atoms with Crippen LogP contribution in [0.3, 0.4) is 0 Å². The van der Waals surface area contributed by atoms with Gasteiger partial charge in [0.05, 0.1) is 5.69 Å². The summed E-state index contributed by atoms with van der Waals surface area (Å²) in [6.45, 7) is 4.69. The highest BCUT2D eigenvalue weighted by atomic mass is 15.1. The fourth-order valence-electron chi connectivity index (χ4n) is 8.69. The largest absolute Gasteiger partial charge is 0.310 e. The van der Waals surface area contributed by atoms with Crippen LogP contribution < -0.4 is 4.90 Å². The van der Waals surface area contributed by atoms with Gasteiger partial charge in [0, 0.05) is 22.4 Å². The molecular formula is C55H41N. The summed E-state index contributed by atoms with van der Waals surface area (Å²) in [4.78, 5) is 2.39. The molecule has 0 bridgehead atoms. The van der Waals surface area contributed by atoms with E-state index in [4.69, 9.17) is 0 Å². The van der Waals surface area contributed by atoms with E-state index in [0.717, 1.165) is 17.1 Å². The first-order valence-electron chi connectivity index (χ1n) is 19.5. The van der Waals surface area contributed by atoms with Gasteiger partial charge in [-0.3, -0.25) is 0 Å². The Morgan fingerprint density at radius 2 is 0.804 bits per heavy atom. The first kappa shape index (κ1) is 33.6. The number of rotatable bonds is 7. The van der Waals surface area contributed by atoms with E-state index in [2.05, 4.69) is 231 Å². The van der Waals surface area contributed by atoms with Crippen molar-refractivity contribution in [1.29, 1.82) is 0 Å².